The van der Waals surface area contributed by atoms with Crippen molar-refractivity contribution in [3.63, 3.8) is 0 Å². The van der Waals surface area contributed by atoms with Gasteiger partial charge in [0.2, 0.25) is 5.91 Å². The van der Waals surface area contributed by atoms with Gasteiger partial charge in [-0.3, -0.25) is 18.7 Å². The molecule has 1 aliphatic rings. The van der Waals surface area contributed by atoms with Gasteiger partial charge in [-0.25, -0.2) is 4.79 Å². The standard InChI is InChI=1S/C20H26N4O3/c1-15(21)17-9-5-6-11-23(17)19(26)14-24-18(25)10-12-22(20(24)27)13-16-7-3-2-4-8-16/h2-4,7-8,10,12,15,17H,5-6,9,11,13-14,21H2,1H3. The maximum absolute atomic E-state index is 12.8. The van der Waals surface area contributed by atoms with Crippen LogP contribution >= 0.6 is 0 Å². The number of amides is 1. The van der Waals surface area contributed by atoms with Crippen molar-refractivity contribution in [2.24, 2.45) is 5.73 Å². The van der Waals surface area contributed by atoms with E-state index in [1.54, 1.807) is 4.90 Å². The molecule has 1 aromatic carbocycles. The van der Waals surface area contributed by atoms with Gasteiger partial charge in [0.1, 0.15) is 6.54 Å². The Morgan fingerprint density at radius 1 is 1.19 bits per heavy atom. The molecule has 7 nitrogen and oxygen atoms in total. The number of nitrogens with zero attached hydrogens (tertiary/aromatic N) is 3. The summed E-state index contributed by atoms with van der Waals surface area (Å²) in [7, 11) is 0. The van der Waals surface area contributed by atoms with Crippen molar-refractivity contribution in [2.75, 3.05) is 6.54 Å². The number of piperidine rings is 1. The van der Waals surface area contributed by atoms with E-state index in [9.17, 15) is 14.4 Å². The molecule has 2 N–H and O–H groups in total. The summed E-state index contributed by atoms with van der Waals surface area (Å²) in [5, 5.41) is 0. The summed E-state index contributed by atoms with van der Waals surface area (Å²) in [5.41, 5.74) is 6.04. The Morgan fingerprint density at radius 2 is 1.93 bits per heavy atom. The lowest BCUT2D eigenvalue weighted by atomic mass is 9.97. The quantitative estimate of drug-likeness (QED) is 0.842. The summed E-state index contributed by atoms with van der Waals surface area (Å²) in [5.74, 6) is -0.228. The number of carbonyl (C=O) groups excluding carboxylic acids is 1. The first-order valence-corrected chi connectivity index (χ1v) is 9.36. The van der Waals surface area contributed by atoms with Crippen LogP contribution in [0.25, 0.3) is 0 Å². The number of hydrogen-bond donors (Lipinski definition) is 1. The van der Waals surface area contributed by atoms with Crippen molar-refractivity contribution in [3.8, 4) is 0 Å². The van der Waals surface area contributed by atoms with Crippen LogP contribution in [-0.4, -0.2) is 38.6 Å². The largest absolute Gasteiger partial charge is 0.337 e. The average Bonchev–Trinajstić information content (AvgIpc) is 2.68. The Labute approximate surface area is 158 Å². The van der Waals surface area contributed by atoms with Crippen LogP contribution in [0.5, 0.6) is 0 Å². The fraction of sp³-hybridized carbons (Fsp3) is 0.450. The molecule has 0 spiro atoms. The fourth-order valence-electron chi connectivity index (χ4n) is 3.64. The van der Waals surface area contributed by atoms with Crippen LogP contribution < -0.4 is 17.0 Å². The van der Waals surface area contributed by atoms with Crippen LogP contribution in [0.2, 0.25) is 0 Å². The Morgan fingerprint density at radius 3 is 2.63 bits per heavy atom. The molecule has 144 valence electrons. The summed E-state index contributed by atoms with van der Waals surface area (Å²) < 4.78 is 2.46. The highest BCUT2D eigenvalue weighted by atomic mass is 16.2. The molecule has 2 atom stereocenters. The summed E-state index contributed by atoms with van der Waals surface area (Å²) in [6.07, 6.45) is 4.28. The van der Waals surface area contributed by atoms with E-state index in [4.69, 9.17) is 5.73 Å². The summed E-state index contributed by atoms with van der Waals surface area (Å²) in [4.78, 5) is 39.5. The molecule has 1 aliphatic heterocycles. The van der Waals surface area contributed by atoms with Crippen LogP contribution in [0.4, 0.5) is 0 Å². The second-order valence-electron chi connectivity index (χ2n) is 7.15. The lowest BCUT2D eigenvalue weighted by Crippen LogP contribution is -2.54. The molecule has 2 unspecified atom stereocenters. The molecule has 0 aliphatic carbocycles. The van der Waals surface area contributed by atoms with Gasteiger partial charge in [-0.1, -0.05) is 30.3 Å². The zero-order valence-corrected chi connectivity index (χ0v) is 15.6. The van der Waals surface area contributed by atoms with Crippen LogP contribution in [0.3, 0.4) is 0 Å². The van der Waals surface area contributed by atoms with E-state index < -0.39 is 11.2 Å². The molecule has 0 bridgehead atoms. The number of carbonyl (C=O) groups is 1. The fourth-order valence-corrected chi connectivity index (χ4v) is 3.64. The van der Waals surface area contributed by atoms with Gasteiger partial charge in [0, 0.05) is 30.9 Å². The van der Waals surface area contributed by atoms with Gasteiger partial charge in [-0.05, 0) is 31.7 Å². The molecule has 1 aromatic heterocycles. The molecular formula is C20H26N4O3. The molecule has 0 radical (unpaired) electrons. The number of rotatable bonds is 5. The molecule has 1 saturated heterocycles. The zero-order valence-electron chi connectivity index (χ0n) is 15.6. The second-order valence-corrected chi connectivity index (χ2v) is 7.15. The minimum atomic E-state index is -0.478. The van der Waals surface area contributed by atoms with Gasteiger partial charge in [0.25, 0.3) is 5.56 Å². The first-order chi connectivity index (χ1) is 13.0. The van der Waals surface area contributed by atoms with Crippen molar-refractivity contribution in [2.45, 2.75) is 51.4 Å². The van der Waals surface area contributed by atoms with Crippen LogP contribution in [0.1, 0.15) is 31.7 Å². The Kier molecular flexibility index (Phi) is 5.91. The monoisotopic (exact) mass is 370 g/mol. The van der Waals surface area contributed by atoms with Crippen molar-refractivity contribution in [1.82, 2.24) is 14.0 Å². The number of nitrogens with two attached hydrogens (primary N) is 1. The Hall–Kier alpha value is -2.67. The molecule has 0 saturated carbocycles. The minimum absolute atomic E-state index is 0.0443. The second kappa shape index (κ2) is 8.35. The molecule has 27 heavy (non-hydrogen) atoms. The van der Waals surface area contributed by atoms with E-state index in [-0.39, 0.29) is 24.5 Å². The number of aromatic nitrogens is 2. The van der Waals surface area contributed by atoms with Crippen molar-refractivity contribution >= 4 is 5.91 Å². The third-order valence-electron chi connectivity index (χ3n) is 5.11. The highest BCUT2D eigenvalue weighted by molar-refractivity contribution is 5.76. The molecule has 3 rings (SSSR count). The van der Waals surface area contributed by atoms with E-state index in [1.807, 2.05) is 37.3 Å². The third-order valence-corrected chi connectivity index (χ3v) is 5.11. The zero-order chi connectivity index (χ0) is 19.4. The highest BCUT2D eigenvalue weighted by Crippen LogP contribution is 2.19. The van der Waals surface area contributed by atoms with E-state index in [0.717, 1.165) is 29.4 Å². The molecule has 1 fully saturated rings. The lowest BCUT2D eigenvalue weighted by molar-refractivity contribution is -0.136. The van der Waals surface area contributed by atoms with Gasteiger partial charge >= 0.3 is 5.69 Å². The van der Waals surface area contributed by atoms with Gasteiger partial charge < -0.3 is 10.6 Å². The number of benzene rings is 1. The smallest absolute Gasteiger partial charge is 0.331 e. The molecular weight excluding hydrogens is 344 g/mol. The van der Waals surface area contributed by atoms with Crippen molar-refractivity contribution < 1.29 is 4.79 Å². The predicted octanol–water partition coefficient (Wildman–Crippen LogP) is 0.787. The third kappa shape index (κ3) is 4.36. The Balaban J connectivity index is 1.84. The van der Waals surface area contributed by atoms with E-state index in [2.05, 4.69) is 0 Å². The topological polar surface area (TPSA) is 90.3 Å². The first-order valence-electron chi connectivity index (χ1n) is 9.36. The van der Waals surface area contributed by atoms with Gasteiger partial charge in [0.05, 0.1) is 6.54 Å². The molecule has 1 amide bonds. The van der Waals surface area contributed by atoms with Crippen molar-refractivity contribution in [1.29, 1.82) is 0 Å². The summed E-state index contributed by atoms with van der Waals surface area (Å²) >= 11 is 0. The first kappa shape index (κ1) is 19.1. The van der Waals surface area contributed by atoms with Gasteiger partial charge in [-0.15, -0.1) is 0 Å². The molecule has 2 aromatic rings. The number of hydrogen-bond acceptors (Lipinski definition) is 4. The van der Waals surface area contributed by atoms with Crippen LogP contribution in [-0.2, 0) is 17.9 Å². The van der Waals surface area contributed by atoms with Crippen LogP contribution in [0, 0.1) is 0 Å². The summed E-state index contributed by atoms with van der Waals surface area (Å²) in [6, 6.07) is 10.7. The predicted molar refractivity (Wildman–Crippen MR) is 104 cm³/mol. The molecule has 7 heteroatoms. The minimum Gasteiger partial charge on any atom is -0.337 e. The normalized spacial score (nSPS) is 18.3. The summed E-state index contributed by atoms with van der Waals surface area (Å²) in [6.45, 7) is 2.60. The number of likely N-dealkylation sites (tertiary alicyclic amines) is 1. The van der Waals surface area contributed by atoms with Crippen molar-refractivity contribution in [3.05, 3.63) is 69.0 Å². The Bertz CT molecular complexity index is 901. The maximum atomic E-state index is 12.8. The average molecular weight is 370 g/mol. The van der Waals surface area contributed by atoms with E-state index in [0.29, 0.717) is 13.1 Å². The molecule has 2 heterocycles. The van der Waals surface area contributed by atoms with Gasteiger partial charge in [-0.2, -0.15) is 0 Å². The van der Waals surface area contributed by atoms with Gasteiger partial charge in [0.15, 0.2) is 0 Å². The highest BCUT2D eigenvalue weighted by Gasteiger charge is 2.29. The van der Waals surface area contributed by atoms with E-state index >= 15 is 0 Å². The SMILES string of the molecule is CC(N)C1CCCCN1C(=O)Cn1c(=O)ccn(Cc2ccccc2)c1=O. The maximum Gasteiger partial charge on any atom is 0.331 e. The van der Waals surface area contributed by atoms with E-state index in [1.165, 1.54) is 16.8 Å². The van der Waals surface area contributed by atoms with Crippen LogP contribution in [0.15, 0.2) is 52.2 Å². The lowest BCUT2D eigenvalue weighted by Gasteiger charge is -2.38.